The number of benzene rings is 2. The van der Waals surface area contributed by atoms with Crippen LogP contribution in [0.3, 0.4) is 0 Å². The molecule has 0 radical (unpaired) electrons. The molecule has 0 bridgehead atoms. The van der Waals surface area contributed by atoms with Crippen molar-refractivity contribution in [1.29, 1.82) is 0 Å². The zero-order valence-corrected chi connectivity index (χ0v) is 9.98. The van der Waals surface area contributed by atoms with Gasteiger partial charge in [-0.25, -0.2) is 4.79 Å². The molecule has 0 heterocycles. The van der Waals surface area contributed by atoms with Crippen LogP contribution in [0.2, 0.25) is 0 Å². The molecule has 0 aromatic heterocycles. The minimum Gasteiger partial charge on any atom is -0.457 e. The molecule has 0 aliphatic carbocycles. The van der Waals surface area contributed by atoms with E-state index < -0.39 is 10.9 Å². The number of hydrogen-bond acceptors (Lipinski definition) is 4. The highest BCUT2D eigenvalue weighted by molar-refractivity contribution is 5.89. The summed E-state index contributed by atoms with van der Waals surface area (Å²) in [6.45, 7) is 0.00933. The fraction of sp³-hybridized carbons (Fsp3) is 0.0714. The summed E-state index contributed by atoms with van der Waals surface area (Å²) in [5.41, 5.74) is 1.01. The van der Waals surface area contributed by atoms with Gasteiger partial charge in [-0.2, -0.15) is 0 Å². The van der Waals surface area contributed by atoms with Crippen LogP contribution >= 0.6 is 0 Å². The lowest BCUT2D eigenvalue weighted by atomic mass is 10.2. The SMILES string of the molecule is O=C(OCc1cccc([N+](=O)[O-])c1)c1ccccc1. The van der Waals surface area contributed by atoms with Crippen LogP contribution in [0.5, 0.6) is 0 Å². The van der Waals surface area contributed by atoms with Crippen LogP contribution in [0.15, 0.2) is 54.6 Å². The first kappa shape index (κ1) is 12.8. The molecule has 0 amide bonds. The number of esters is 1. The van der Waals surface area contributed by atoms with Gasteiger partial charge in [0, 0.05) is 12.1 Å². The first-order valence-electron chi connectivity index (χ1n) is 5.62. The summed E-state index contributed by atoms with van der Waals surface area (Å²) in [6.07, 6.45) is 0. The number of nitro benzene ring substituents is 1. The number of non-ortho nitro benzene ring substituents is 1. The Balaban J connectivity index is 2.01. The maximum atomic E-state index is 11.7. The van der Waals surface area contributed by atoms with Gasteiger partial charge in [-0.3, -0.25) is 10.1 Å². The average Bonchev–Trinajstić information content (AvgIpc) is 2.46. The molecule has 0 fully saturated rings. The van der Waals surface area contributed by atoms with Crippen LogP contribution in [-0.2, 0) is 11.3 Å². The molecule has 0 aliphatic rings. The second-order valence-electron chi connectivity index (χ2n) is 3.87. The smallest absolute Gasteiger partial charge is 0.338 e. The lowest BCUT2D eigenvalue weighted by Crippen LogP contribution is -2.05. The zero-order chi connectivity index (χ0) is 13.7. The van der Waals surface area contributed by atoms with E-state index in [9.17, 15) is 14.9 Å². The van der Waals surface area contributed by atoms with Crippen molar-refractivity contribution >= 4 is 11.7 Å². The van der Waals surface area contributed by atoms with Crippen molar-refractivity contribution < 1.29 is 14.5 Å². The first-order chi connectivity index (χ1) is 9.16. The summed E-state index contributed by atoms with van der Waals surface area (Å²) < 4.78 is 5.09. The number of nitro groups is 1. The zero-order valence-electron chi connectivity index (χ0n) is 9.98. The van der Waals surface area contributed by atoms with Crippen molar-refractivity contribution in [2.45, 2.75) is 6.61 Å². The van der Waals surface area contributed by atoms with Crippen LogP contribution in [-0.4, -0.2) is 10.9 Å². The van der Waals surface area contributed by atoms with Crippen molar-refractivity contribution in [2.75, 3.05) is 0 Å². The van der Waals surface area contributed by atoms with Crippen LogP contribution in [0.4, 0.5) is 5.69 Å². The maximum Gasteiger partial charge on any atom is 0.338 e. The first-order valence-corrected chi connectivity index (χ1v) is 5.62. The van der Waals surface area contributed by atoms with Gasteiger partial charge in [-0.1, -0.05) is 30.3 Å². The summed E-state index contributed by atoms with van der Waals surface area (Å²) in [5.74, 6) is -0.452. The fourth-order valence-corrected chi connectivity index (χ4v) is 1.57. The summed E-state index contributed by atoms with van der Waals surface area (Å²) >= 11 is 0. The normalized spacial score (nSPS) is 9.89. The summed E-state index contributed by atoms with van der Waals surface area (Å²) in [7, 11) is 0. The van der Waals surface area contributed by atoms with Crippen molar-refractivity contribution in [3.05, 3.63) is 75.8 Å². The maximum absolute atomic E-state index is 11.7. The van der Waals surface area contributed by atoms with E-state index >= 15 is 0 Å². The molecule has 96 valence electrons. The molecule has 2 aromatic carbocycles. The molecule has 5 heteroatoms. The molecule has 0 spiro atoms. The molecule has 0 unspecified atom stereocenters. The van der Waals surface area contributed by atoms with Gasteiger partial charge in [0.25, 0.3) is 5.69 Å². The van der Waals surface area contributed by atoms with E-state index in [1.54, 1.807) is 42.5 Å². The molecular weight excluding hydrogens is 246 g/mol. The van der Waals surface area contributed by atoms with Gasteiger partial charge in [-0.05, 0) is 17.7 Å². The Morgan fingerprint density at radius 1 is 1.11 bits per heavy atom. The number of nitrogens with zero attached hydrogens (tertiary/aromatic N) is 1. The van der Waals surface area contributed by atoms with E-state index in [2.05, 4.69) is 0 Å². The van der Waals surface area contributed by atoms with E-state index in [-0.39, 0.29) is 12.3 Å². The second-order valence-corrected chi connectivity index (χ2v) is 3.87. The summed E-state index contributed by atoms with van der Waals surface area (Å²) in [4.78, 5) is 21.8. The Labute approximate surface area is 109 Å². The number of ether oxygens (including phenoxy) is 1. The van der Waals surface area contributed by atoms with Crippen molar-refractivity contribution in [1.82, 2.24) is 0 Å². The van der Waals surface area contributed by atoms with Gasteiger partial charge in [0.2, 0.25) is 0 Å². The quantitative estimate of drug-likeness (QED) is 0.479. The van der Waals surface area contributed by atoms with Crippen molar-refractivity contribution in [3.8, 4) is 0 Å². The lowest BCUT2D eigenvalue weighted by molar-refractivity contribution is -0.384. The van der Waals surface area contributed by atoms with E-state index in [1.165, 1.54) is 12.1 Å². The molecule has 0 saturated carbocycles. The molecule has 0 aliphatic heterocycles. The summed E-state index contributed by atoms with van der Waals surface area (Å²) in [6, 6.07) is 14.6. The predicted octanol–water partition coefficient (Wildman–Crippen LogP) is 2.95. The predicted molar refractivity (Wildman–Crippen MR) is 68.7 cm³/mol. The van der Waals surface area contributed by atoms with E-state index in [4.69, 9.17) is 4.74 Å². The largest absolute Gasteiger partial charge is 0.457 e. The third-order valence-corrected chi connectivity index (χ3v) is 2.50. The van der Waals surface area contributed by atoms with Crippen LogP contribution in [0, 0.1) is 10.1 Å². The number of hydrogen-bond donors (Lipinski definition) is 0. The van der Waals surface area contributed by atoms with Gasteiger partial charge in [0.15, 0.2) is 0 Å². The van der Waals surface area contributed by atoms with Crippen molar-refractivity contribution in [3.63, 3.8) is 0 Å². The molecule has 5 nitrogen and oxygen atoms in total. The monoisotopic (exact) mass is 257 g/mol. The van der Waals surface area contributed by atoms with Gasteiger partial charge in [-0.15, -0.1) is 0 Å². The lowest BCUT2D eigenvalue weighted by Gasteiger charge is -2.04. The Kier molecular flexibility index (Phi) is 3.87. The molecule has 0 N–H and O–H groups in total. The number of carbonyl (C=O) groups excluding carboxylic acids is 1. The Bertz CT molecular complexity index is 595. The number of rotatable bonds is 4. The number of carbonyl (C=O) groups is 1. The average molecular weight is 257 g/mol. The Morgan fingerprint density at radius 3 is 2.53 bits per heavy atom. The molecular formula is C14H11NO4. The topological polar surface area (TPSA) is 69.4 Å². The summed E-state index contributed by atoms with van der Waals surface area (Å²) in [5, 5.41) is 10.6. The Morgan fingerprint density at radius 2 is 1.84 bits per heavy atom. The van der Waals surface area contributed by atoms with Gasteiger partial charge < -0.3 is 4.74 Å². The standard InChI is InChI=1S/C14H11NO4/c16-14(12-6-2-1-3-7-12)19-10-11-5-4-8-13(9-11)15(17)18/h1-9H,10H2. The molecule has 19 heavy (non-hydrogen) atoms. The molecule has 2 rings (SSSR count). The molecule has 0 atom stereocenters. The van der Waals surface area contributed by atoms with E-state index in [1.807, 2.05) is 0 Å². The van der Waals surface area contributed by atoms with E-state index in [0.717, 1.165) is 0 Å². The minimum atomic E-state index is -0.484. The van der Waals surface area contributed by atoms with Gasteiger partial charge in [0.05, 0.1) is 10.5 Å². The van der Waals surface area contributed by atoms with Crippen molar-refractivity contribution in [2.24, 2.45) is 0 Å². The molecule has 2 aromatic rings. The second kappa shape index (κ2) is 5.77. The van der Waals surface area contributed by atoms with Gasteiger partial charge >= 0.3 is 5.97 Å². The van der Waals surface area contributed by atoms with Crippen LogP contribution in [0.1, 0.15) is 15.9 Å². The van der Waals surface area contributed by atoms with E-state index in [0.29, 0.717) is 11.1 Å². The van der Waals surface area contributed by atoms with Gasteiger partial charge in [0.1, 0.15) is 6.61 Å². The molecule has 0 saturated heterocycles. The third kappa shape index (κ3) is 3.38. The fourth-order valence-electron chi connectivity index (χ4n) is 1.57. The highest BCUT2D eigenvalue weighted by Crippen LogP contribution is 2.14. The third-order valence-electron chi connectivity index (χ3n) is 2.50. The highest BCUT2D eigenvalue weighted by Gasteiger charge is 2.09. The minimum absolute atomic E-state index is 0.00933. The highest BCUT2D eigenvalue weighted by atomic mass is 16.6. The van der Waals surface area contributed by atoms with Crippen LogP contribution < -0.4 is 0 Å². The Hall–Kier alpha value is -2.69. The van der Waals surface area contributed by atoms with Crippen LogP contribution in [0.25, 0.3) is 0 Å².